The maximum atomic E-state index is 11.1. The number of carbonyl (C=O) groups excluding carboxylic acids is 1. The van der Waals surface area contributed by atoms with E-state index in [-0.39, 0.29) is 5.76 Å². The molecule has 1 rings (SSSR count). The Bertz CT molecular complexity index is 334. The van der Waals surface area contributed by atoms with Crippen LogP contribution in [0.4, 0.5) is 0 Å². The second-order valence-electron chi connectivity index (χ2n) is 3.74. The number of hydrogen-bond donors (Lipinski definition) is 1. The smallest absolute Gasteiger partial charge is 0.373 e. The molecule has 0 atom stereocenters. The van der Waals surface area contributed by atoms with E-state index in [1.54, 1.807) is 12.1 Å². The highest BCUT2D eigenvalue weighted by Crippen LogP contribution is 2.08. The summed E-state index contributed by atoms with van der Waals surface area (Å²) in [5.74, 6) is 0.533. The Hall–Kier alpha value is -1.33. The van der Waals surface area contributed by atoms with E-state index in [4.69, 9.17) is 4.42 Å². The number of carbonyl (C=O) groups is 1. The first kappa shape index (κ1) is 12.7. The van der Waals surface area contributed by atoms with E-state index < -0.39 is 5.97 Å². The summed E-state index contributed by atoms with van der Waals surface area (Å²) in [5.41, 5.74) is 0. The molecule has 0 radical (unpaired) electrons. The van der Waals surface area contributed by atoms with Gasteiger partial charge in [-0.1, -0.05) is 0 Å². The molecule has 0 bridgehead atoms. The molecule has 0 aliphatic rings. The fourth-order valence-electron chi connectivity index (χ4n) is 1.20. The normalized spacial score (nSPS) is 10.8. The summed E-state index contributed by atoms with van der Waals surface area (Å²) in [5, 5.41) is 3.22. The average Bonchev–Trinajstić information content (AvgIpc) is 2.71. The van der Waals surface area contributed by atoms with Gasteiger partial charge in [0.1, 0.15) is 5.76 Å². The van der Waals surface area contributed by atoms with Gasteiger partial charge in [-0.3, -0.25) is 0 Å². The van der Waals surface area contributed by atoms with Crippen LogP contribution in [0.2, 0.25) is 0 Å². The monoisotopic (exact) mass is 226 g/mol. The molecule has 1 N–H and O–H groups in total. The van der Waals surface area contributed by atoms with E-state index in [0.717, 1.165) is 18.8 Å². The summed E-state index contributed by atoms with van der Waals surface area (Å²) < 4.78 is 9.84. The highest BCUT2D eigenvalue weighted by Gasteiger charge is 2.10. The quantitative estimate of drug-likeness (QED) is 0.572. The standard InChI is InChI=1S/C11H18N2O3/c1-13(2)7-6-12-8-9-4-5-10(16-9)11(14)15-3/h4-5,12H,6-8H2,1-3H3. The summed E-state index contributed by atoms with van der Waals surface area (Å²) in [6, 6.07) is 3.39. The molecule has 5 heteroatoms. The molecule has 0 aliphatic carbocycles. The van der Waals surface area contributed by atoms with Crippen molar-refractivity contribution in [3.8, 4) is 0 Å². The zero-order chi connectivity index (χ0) is 12.0. The molecular weight excluding hydrogens is 208 g/mol. The Balaban J connectivity index is 2.32. The van der Waals surface area contributed by atoms with Crippen molar-refractivity contribution < 1.29 is 13.9 Å². The van der Waals surface area contributed by atoms with Gasteiger partial charge in [0, 0.05) is 13.1 Å². The molecule has 0 saturated carbocycles. The van der Waals surface area contributed by atoms with Gasteiger partial charge in [-0.15, -0.1) is 0 Å². The van der Waals surface area contributed by atoms with Crippen molar-refractivity contribution in [3.05, 3.63) is 23.7 Å². The molecule has 0 spiro atoms. The number of ether oxygens (including phenoxy) is 1. The third-order valence-corrected chi connectivity index (χ3v) is 2.08. The van der Waals surface area contributed by atoms with Crippen LogP contribution in [0.15, 0.2) is 16.5 Å². The number of likely N-dealkylation sites (N-methyl/N-ethyl adjacent to an activating group) is 1. The van der Waals surface area contributed by atoms with Crippen LogP contribution in [0.1, 0.15) is 16.3 Å². The zero-order valence-electron chi connectivity index (χ0n) is 9.95. The number of furan rings is 1. The van der Waals surface area contributed by atoms with Crippen LogP contribution >= 0.6 is 0 Å². The lowest BCUT2D eigenvalue weighted by Crippen LogP contribution is -2.26. The van der Waals surface area contributed by atoms with Gasteiger partial charge in [0.25, 0.3) is 0 Å². The Morgan fingerprint density at radius 2 is 2.25 bits per heavy atom. The second kappa shape index (κ2) is 6.30. The summed E-state index contributed by atoms with van der Waals surface area (Å²) in [6.07, 6.45) is 0. The number of nitrogens with zero attached hydrogens (tertiary/aromatic N) is 1. The van der Waals surface area contributed by atoms with Gasteiger partial charge in [-0.05, 0) is 26.2 Å². The Labute approximate surface area is 95.4 Å². The van der Waals surface area contributed by atoms with Crippen molar-refractivity contribution in [2.45, 2.75) is 6.54 Å². The maximum Gasteiger partial charge on any atom is 0.373 e. The van der Waals surface area contributed by atoms with Gasteiger partial charge < -0.3 is 19.4 Å². The molecule has 1 aromatic rings. The number of methoxy groups -OCH3 is 1. The van der Waals surface area contributed by atoms with Crippen molar-refractivity contribution >= 4 is 5.97 Å². The van der Waals surface area contributed by atoms with E-state index in [2.05, 4.69) is 15.0 Å². The summed E-state index contributed by atoms with van der Waals surface area (Å²) in [4.78, 5) is 13.2. The molecule has 0 aromatic carbocycles. The topological polar surface area (TPSA) is 54.7 Å². The van der Waals surface area contributed by atoms with Gasteiger partial charge in [-0.25, -0.2) is 4.79 Å². The van der Waals surface area contributed by atoms with Gasteiger partial charge in [0.15, 0.2) is 0 Å². The van der Waals surface area contributed by atoms with Crippen molar-refractivity contribution in [2.75, 3.05) is 34.3 Å². The zero-order valence-corrected chi connectivity index (χ0v) is 9.95. The lowest BCUT2D eigenvalue weighted by Gasteiger charge is -2.09. The van der Waals surface area contributed by atoms with E-state index >= 15 is 0 Å². The summed E-state index contributed by atoms with van der Waals surface area (Å²) in [7, 11) is 5.37. The highest BCUT2D eigenvalue weighted by atomic mass is 16.5. The molecule has 0 saturated heterocycles. The van der Waals surface area contributed by atoms with Crippen molar-refractivity contribution in [2.24, 2.45) is 0 Å². The van der Waals surface area contributed by atoms with Crippen molar-refractivity contribution in [1.29, 1.82) is 0 Å². The fourth-order valence-corrected chi connectivity index (χ4v) is 1.20. The van der Waals surface area contributed by atoms with Crippen molar-refractivity contribution in [1.82, 2.24) is 10.2 Å². The molecule has 5 nitrogen and oxygen atoms in total. The first-order valence-corrected chi connectivity index (χ1v) is 5.16. The predicted octanol–water partition coefficient (Wildman–Crippen LogP) is 0.717. The van der Waals surface area contributed by atoms with E-state index in [1.807, 2.05) is 14.1 Å². The minimum atomic E-state index is -0.445. The second-order valence-corrected chi connectivity index (χ2v) is 3.74. The van der Waals surface area contributed by atoms with Crippen molar-refractivity contribution in [3.63, 3.8) is 0 Å². The minimum Gasteiger partial charge on any atom is -0.463 e. The number of hydrogen-bond acceptors (Lipinski definition) is 5. The van der Waals surface area contributed by atoms with Gasteiger partial charge in [0.05, 0.1) is 13.7 Å². The molecule has 16 heavy (non-hydrogen) atoms. The molecule has 0 unspecified atom stereocenters. The highest BCUT2D eigenvalue weighted by molar-refractivity contribution is 5.86. The molecule has 1 aromatic heterocycles. The predicted molar refractivity (Wildman–Crippen MR) is 60.3 cm³/mol. The Kier molecular flexibility index (Phi) is 5.01. The average molecular weight is 226 g/mol. The maximum absolute atomic E-state index is 11.1. The Morgan fingerprint density at radius 1 is 1.50 bits per heavy atom. The molecular formula is C11H18N2O3. The number of rotatable bonds is 6. The van der Waals surface area contributed by atoms with Crippen LogP contribution in [-0.2, 0) is 11.3 Å². The van der Waals surface area contributed by atoms with Gasteiger partial charge in [0.2, 0.25) is 5.76 Å². The first-order valence-electron chi connectivity index (χ1n) is 5.16. The van der Waals surface area contributed by atoms with Crippen LogP contribution in [-0.4, -0.2) is 45.2 Å². The van der Waals surface area contributed by atoms with E-state index in [9.17, 15) is 4.79 Å². The number of esters is 1. The van der Waals surface area contributed by atoms with Gasteiger partial charge >= 0.3 is 5.97 Å². The van der Waals surface area contributed by atoms with E-state index in [0.29, 0.717) is 6.54 Å². The number of nitrogens with one attached hydrogen (secondary N) is 1. The van der Waals surface area contributed by atoms with E-state index in [1.165, 1.54) is 7.11 Å². The van der Waals surface area contributed by atoms with Crippen LogP contribution in [0.25, 0.3) is 0 Å². The third-order valence-electron chi connectivity index (χ3n) is 2.08. The first-order chi connectivity index (χ1) is 7.63. The molecule has 0 aliphatic heterocycles. The van der Waals surface area contributed by atoms with Crippen LogP contribution < -0.4 is 5.32 Å². The van der Waals surface area contributed by atoms with Crippen LogP contribution in [0.5, 0.6) is 0 Å². The SMILES string of the molecule is COC(=O)c1ccc(CNCCN(C)C)o1. The lowest BCUT2D eigenvalue weighted by atomic mass is 10.4. The molecule has 90 valence electrons. The molecule has 0 fully saturated rings. The molecule has 0 amide bonds. The fraction of sp³-hybridized carbons (Fsp3) is 0.545. The van der Waals surface area contributed by atoms with Gasteiger partial charge in [-0.2, -0.15) is 0 Å². The summed E-state index contributed by atoms with van der Waals surface area (Å²) in [6.45, 7) is 2.46. The van der Waals surface area contributed by atoms with Crippen LogP contribution in [0, 0.1) is 0 Å². The third kappa shape index (κ3) is 4.04. The minimum absolute atomic E-state index is 0.243. The Morgan fingerprint density at radius 3 is 2.88 bits per heavy atom. The largest absolute Gasteiger partial charge is 0.463 e. The molecule has 1 heterocycles. The van der Waals surface area contributed by atoms with Crippen LogP contribution in [0.3, 0.4) is 0 Å². The lowest BCUT2D eigenvalue weighted by molar-refractivity contribution is 0.0563. The summed E-state index contributed by atoms with van der Waals surface area (Å²) >= 11 is 0.